The Morgan fingerprint density at radius 2 is 1.96 bits per heavy atom. The van der Waals surface area contributed by atoms with Gasteiger partial charge in [-0.2, -0.15) is 5.10 Å². The zero-order valence-electron chi connectivity index (χ0n) is 14.7. The highest BCUT2D eigenvalue weighted by Crippen LogP contribution is 2.29. The van der Waals surface area contributed by atoms with Gasteiger partial charge in [-0.25, -0.2) is 13.4 Å². The summed E-state index contributed by atoms with van der Waals surface area (Å²) in [5.74, 6) is 1.34. The van der Waals surface area contributed by atoms with Gasteiger partial charge >= 0.3 is 0 Å². The molecule has 2 saturated heterocycles. The highest BCUT2D eigenvalue weighted by atomic mass is 32.2. The normalized spacial score (nSPS) is 26.0. The number of fused-ring (bicyclic) bond motifs is 1. The molecule has 0 saturated carbocycles. The van der Waals surface area contributed by atoms with Crippen LogP contribution in [0.4, 0.5) is 0 Å². The molecule has 0 aliphatic carbocycles. The summed E-state index contributed by atoms with van der Waals surface area (Å²) in [4.78, 5) is 12.0. The minimum Gasteiger partial charge on any atom is -0.348 e. The Kier molecular flexibility index (Phi) is 4.68. The van der Waals surface area contributed by atoms with Crippen LogP contribution in [-0.4, -0.2) is 74.6 Å². The molecule has 8 nitrogen and oxygen atoms in total. The van der Waals surface area contributed by atoms with Gasteiger partial charge in [-0.15, -0.1) is 6.58 Å². The Hall–Kier alpha value is -1.97. The number of sulfone groups is 1. The summed E-state index contributed by atoms with van der Waals surface area (Å²) in [6.45, 7) is 7.46. The number of aromatic amines is 1. The monoisotopic (exact) mass is 376 g/mol. The first-order valence-corrected chi connectivity index (χ1v) is 10.7. The van der Waals surface area contributed by atoms with Gasteiger partial charge in [0, 0.05) is 55.9 Å². The SMILES string of the molecule is C=CCn1cc(CN2CCN(Cc3ncc[nH]3)[C@@H]3CS(=O)(=O)C[C@@H]32)cn1. The lowest BCUT2D eigenvalue weighted by Crippen LogP contribution is -2.58. The number of aromatic nitrogens is 4. The molecule has 0 aromatic carbocycles. The van der Waals surface area contributed by atoms with Crippen LogP contribution in [0.2, 0.25) is 0 Å². The largest absolute Gasteiger partial charge is 0.348 e. The molecule has 0 amide bonds. The van der Waals surface area contributed by atoms with Crippen LogP contribution in [0.5, 0.6) is 0 Å². The zero-order valence-corrected chi connectivity index (χ0v) is 15.5. The van der Waals surface area contributed by atoms with Crippen molar-refractivity contribution in [3.63, 3.8) is 0 Å². The third-order valence-electron chi connectivity index (χ3n) is 5.20. The van der Waals surface area contributed by atoms with E-state index in [-0.39, 0.29) is 23.6 Å². The third-order valence-corrected chi connectivity index (χ3v) is 6.90. The van der Waals surface area contributed by atoms with Gasteiger partial charge in [0.1, 0.15) is 5.82 Å². The van der Waals surface area contributed by atoms with E-state index in [1.165, 1.54) is 0 Å². The van der Waals surface area contributed by atoms with Gasteiger partial charge in [0.05, 0.1) is 30.8 Å². The maximum absolute atomic E-state index is 12.3. The molecule has 2 aromatic rings. The van der Waals surface area contributed by atoms with Gasteiger partial charge in [-0.05, 0) is 0 Å². The van der Waals surface area contributed by atoms with Gasteiger partial charge in [0.2, 0.25) is 0 Å². The quantitative estimate of drug-likeness (QED) is 0.729. The van der Waals surface area contributed by atoms with E-state index in [4.69, 9.17) is 0 Å². The molecule has 4 rings (SSSR count). The maximum Gasteiger partial charge on any atom is 0.153 e. The van der Waals surface area contributed by atoms with Gasteiger partial charge in [-0.3, -0.25) is 14.5 Å². The molecular weight excluding hydrogens is 352 g/mol. The second-order valence-corrected chi connectivity index (χ2v) is 9.20. The number of imidazole rings is 1. The van der Waals surface area contributed by atoms with Crippen LogP contribution in [0, 0.1) is 0 Å². The average molecular weight is 376 g/mol. The first-order valence-electron chi connectivity index (χ1n) is 8.83. The summed E-state index contributed by atoms with van der Waals surface area (Å²) < 4.78 is 26.5. The number of rotatable bonds is 6. The van der Waals surface area contributed by atoms with Crippen molar-refractivity contribution in [2.75, 3.05) is 24.6 Å². The summed E-state index contributed by atoms with van der Waals surface area (Å²) in [5, 5.41) is 4.33. The lowest BCUT2D eigenvalue weighted by Gasteiger charge is -2.43. The van der Waals surface area contributed by atoms with Crippen LogP contribution in [0.15, 0.2) is 37.4 Å². The van der Waals surface area contributed by atoms with Crippen LogP contribution < -0.4 is 0 Å². The van der Waals surface area contributed by atoms with E-state index >= 15 is 0 Å². The second-order valence-electron chi connectivity index (χ2n) is 7.05. The second kappa shape index (κ2) is 6.98. The lowest BCUT2D eigenvalue weighted by molar-refractivity contribution is 0.0341. The van der Waals surface area contributed by atoms with Gasteiger partial charge in [0.25, 0.3) is 0 Å². The Morgan fingerprint density at radius 1 is 1.23 bits per heavy atom. The van der Waals surface area contributed by atoms with Crippen molar-refractivity contribution in [3.05, 3.63) is 48.8 Å². The summed E-state index contributed by atoms with van der Waals surface area (Å²) >= 11 is 0. The number of nitrogens with zero attached hydrogens (tertiary/aromatic N) is 5. The van der Waals surface area contributed by atoms with Crippen molar-refractivity contribution in [1.82, 2.24) is 29.5 Å². The number of nitrogens with one attached hydrogen (secondary N) is 1. The molecular formula is C17H24N6O2S. The lowest BCUT2D eigenvalue weighted by atomic mass is 10.0. The summed E-state index contributed by atoms with van der Waals surface area (Å²) in [6.07, 6.45) is 9.21. The highest BCUT2D eigenvalue weighted by Gasteiger charge is 2.46. The first kappa shape index (κ1) is 17.4. The molecule has 2 aliphatic heterocycles. The molecule has 0 radical (unpaired) electrons. The maximum atomic E-state index is 12.3. The molecule has 0 spiro atoms. The number of H-pyrrole nitrogens is 1. The van der Waals surface area contributed by atoms with Gasteiger partial charge in [0.15, 0.2) is 9.84 Å². The number of hydrogen-bond acceptors (Lipinski definition) is 6. The van der Waals surface area contributed by atoms with Crippen LogP contribution in [-0.2, 0) is 29.5 Å². The Morgan fingerprint density at radius 3 is 2.62 bits per heavy atom. The fraction of sp³-hybridized carbons (Fsp3) is 0.529. The van der Waals surface area contributed by atoms with Crippen molar-refractivity contribution in [2.45, 2.75) is 31.7 Å². The standard InChI is InChI=1S/C17H24N6O2S/c1-2-5-23-10-14(8-20-23)9-21-6-7-22(11-17-18-3-4-19-17)16-13-26(24,25)12-15(16)21/h2-4,8,10,15-16H,1,5-7,9,11-13H2,(H,18,19)/t15-,16+/m0/s1. The smallest absolute Gasteiger partial charge is 0.153 e. The fourth-order valence-electron chi connectivity index (χ4n) is 4.02. The summed E-state index contributed by atoms with van der Waals surface area (Å²) in [6, 6.07) is 0.0357. The predicted molar refractivity (Wildman–Crippen MR) is 98.1 cm³/mol. The minimum atomic E-state index is -3.02. The van der Waals surface area contributed by atoms with Crippen molar-refractivity contribution < 1.29 is 8.42 Å². The van der Waals surface area contributed by atoms with E-state index in [2.05, 4.69) is 31.4 Å². The molecule has 2 atom stereocenters. The van der Waals surface area contributed by atoms with E-state index in [1.807, 2.05) is 23.2 Å². The first-order chi connectivity index (χ1) is 12.5. The Balaban J connectivity index is 1.50. The molecule has 1 N–H and O–H groups in total. The van der Waals surface area contributed by atoms with Crippen LogP contribution in [0.3, 0.4) is 0 Å². The van der Waals surface area contributed by atoms with Crippen LogP contribution in [0.1, 0.15) is 11.4 Å². The van der Waals surface area contributed by atoms with Crippen molar-refractivity contribution in [1.29, 1.82) is 0 Å². The highest BCUT2D eigenvalue weighted by molar-refractivity contribution is 7.91. The van der Waals surface area contributed by atoms with E-state index < -0.39 is 9.84 Å². The molecule has 0 bridgehead atoms. The predicted octanol–water partition coefficient (Wildman–Crippen LogP) is 0.276. The number of allylic oxidation sites excluding steroid dienone is 1. The van der Waals surface area contributed by atoms with E-state index in [1.54, 1.807) is 12.4 Å². The van der Waals surface area contributed by atoms with Gasteiger partial charge in [-0.1, -0.05) is 6.08 Å². The average Bonchev–Trinajstić information content (AvgIpc) is 3.30. The number of piperazine rings is 1. The molecule has 140 valence electrons. The molecule has 26 heavy (non-hydrogen) atoms. The van der Waals surface area contributed by atoms with E-state index in [0.29, 0.717) is 13.1 Å². The van der Waals surface area contributed by atoms with Crippen molar-refractivity contribution >= 4 is 9.84 Å². The molecule has 2 aliphatic rings. The minimum absolute atomic E-state index is 0.0158. The van der Waals surface area contributed by atoms with Crippen molar-refractivity contribution in [2.24, 2.45) is 0 Å². The topological polar surface area (TPSA) is 87.1 Å². The summed E-state index contributed by atoms with van der Waals surface area (Å²) in [5.41, 5.74) is 1.11. The molecule has 9 heteroatoms. The summed E-state index contributed by atoms with van der Waals surface area (Å²) in [7, 11) is -3.02. The molecule has 0 unspecified atom stereocenters. The molecule has 4 heterocycles. The number of hydrogen-bond donors (Lipinski definition) is 1. The molecule has 2 aromatic heterocycles. The van der Waals surface area contributed by atoms with Crippen molar-refractivity contribution in [3.8, 4) is 0 Å². The molecule has 2 fully saturated rings. The fourth-order valence-corrected chi connectivity index (χ4v) is 6.06. The third kappa shape index (κ3) is 3.60. The van der Waals surface area contributed by atoms with Crippen LogP contribution in [0.25, 0.3) is 0 Å². The Bertz CT molecular complexity index is 860. The van der Waals surface area contributed by atoms with E-state index in [0.717, 1.165) is 31.0 Å². The van der Waals surface area contributed by atoms with Gasteiger partial charge < -0.3 is 4.98 Å². The van der Waals surface area contributed by atoms with Crippen LogP contribution >= 0.6 is 0 Å². The zero-order chi connectivity index (χ0) is 18.1. The van der Waals surface area contributed by atoms with E-state index in [9.17, 15) is 8.42 Å². The Labute approximate surface area is 153 Å².